The second-order valence-corrected chi connectivity index (χ2v) is 1.84. The summed E-state index contributed by atoms with van der Waals surface area (Å²) >= 11 is 5.18. The third-order valence-corrected chi connectivity index (χ3v) is 1.14. The zero-order valence-electron chi connectivity index (χ0n) is 3.54. The lowest BCUT2D eigenvalue weighted by atomic mass is 11.1. The van der Waals surface area contributed by atoms with Crippen LogP contribution in [0.15, 0.2) is 10.4 Å². The van der Waals surface area contributed by atoms with E-state index in [9.17, 15) is 8.78 Å². The van der Waals surface area contributed by atoms with E-state index in [4.69, 9.17) is 0 Å². The van der Waals surface area contributed by atoms with Crippen LogP contribution in [-0.2, 0) is 0 Å². The Balaban J connectivity index is 3.72. The molecule has 0 aliphatic carbocycles. The van der Waals surface area contributed by atoms with E-state index >= 15 is 0 Å². The van der Waals surface area contributed by atoms with Crippen molar-refractivity contribution < 1.29 is 8.78 Å². The highest BCUT2D eigenvalue weighted by atomic mass is 35.5. The topological polar surface area (TPSA) is 0 Å². The first-order chi connectivity index (χ1) is 3.18. The Morgan fingerprint density at radius 1 is 1.57 bits per heavy atom. The van der Waals surface area contributed by atoms with Gasteiger partial charge in [0.25, 0.3) is 0 Å². The molecule has 0 fully saturated rings. The second-order valence-electron chi connectivity index (χ2n) is 0.738. The quantitative estimate of drug-likeness (QED) is 0.545. The predicted octanol–water partition coefficient (Wildman–Crippen LogP) is 2.65. The molecular formula is C3H3ClF2S. The van der Waals surface area contributed by atoms with Gasteiger partial charge in [0.15, 0.2) is 0 Å². The Labute approximate surface area is 49.5 Å². The first-order valence-electron chi connectivity index (χ1n) is 1.43. The van der Waals surface area contributed by atoms with Gasteiger partial charge in [0, 0.05) is 0 Å². The summed E-state index contributed by atoms with van der Waals surface area (Å²) in [4.78, 5) is 0. The molecule has 0 bridgehead atoms. The van der Waals surface area contributed by atoms with Gasteiger partial charge >= 0.3 is 0 Å². The fourth-order valence-corrected chi connectivity index (χ4v) is 0.463. The lowest BCUT2D eigenvalue weighted by molar-refractivity contribution is 0.613. The maximum Gasteiger partial charge on any atom is 0.231 e. The molecule has 0 saturated carbocycles. The van der Waals surface area contributed by atoms with Crippen molar-refractivity contribution in [1.29, 1.82) is 0 Å². The molecule has 0 aliphatic heterocycles. The van der Waals surface area contributed by atoms with Gasteiger partial charge in [0.1, 0.15) is 0 Å². The molecule has 0 aromatic carbocycles. The van der Waals surface area contributed by atoms with E-state index in [2.05, 4.69) is 11.6 Å². The molecule has 0 amide bonds. The van der Waals surface area contributed by atoms with Crippen LogP contribution in [0.3, 0.4) is 0 Å². The van der Waals surface area contributed by atoms with Crippen molar-refractivity contribution in [2.24, 2.45) is 0 Å². The summed E-state index contributed by atoms with van der Waals surface area (Å²) in [7, 11) is 0. The van der Waals surface area contributed by atoms with Crippen LogP contribution in [-0.4, -0.2) is 6.26 Å². The standard InChI is InChI=1S/C3H3ClF2S/c1-7-3(6)2(4)5/h1H3/b3-2+. The molecule has 0 radical (unpaired) electrons. The minimum absolute atomic E-state index is 0.639. The van der Waals surface area contributed by atoms with Gasteiger partial charge in [-0.2, -0.15) is 8.78 Å². The normalized spacial score (nSPS) is 13.7. The monoisotopic (exact) mass is 144 g/mol. The number of rotatable bonds is 1. The van der Waals surface area contributed by atoms with Crippen LogP contribution in [0.25, 0.3) is 0 Å². The van der Waals surface area contributed by atoms with Crippen LogP contribution >= 0.6 is 23.4 Å². The van der Waals surface area contributed by atoms with E-state index in [1.54, 1.807) is 0 Å². The third kappa shape index (κ3) is 2.88. The molecule has 42 valence electrons. The van der Waals surface area contributed by atoms with Gasteiger partial charge in [-0.3, -0.25) is 0 Å². The maximum absolute atomic E-state index is 11.6. The van der Waals surface area contributed by atoms with Crippen molar-refractivity contribution in [1.82, 2.24) is 0 Å². The van der Waals surface area contributed by atoms with Crippen LogP contribution in [0.2, 0.25) is 0 Å². The zero-order valence-corrected chi connectivity index (χ0v) is 5.11. The average Bonchev–Trinajstić information content (AvgIpc) is 1.65. The molecule has 0 atom stereocenters. The maximum atomic E-state index is 11.6. The summed E-state index contributed by atoms with van der Waals surface area (Å²) in [6.45, 7) is 0. The lowest BCUT2D eigenvalue weighted by Crippen LogP contribution is -1.60. The molecule has 0 aromatic rings. The third-order valence-electron chi connectivity index (χ3n) is 0.328. The SMILES string of the molecule is CS/C(F)=C(/F)Cl. The molecule has 0 aliphatic rings. The Hall–Kier alpha value is 0.240. The van der Waals surface area contributed by atoms with Gasteiger partial charge in [0.2, 0.25) is 10.4 Å². The fourth-order valence-electron chi connectivity index (χ4n) is 0.0772. The van der Waals surface area contributed by atoms with Crippen LogP contribution in [0.1, 0.15) is 0 Å². The van der Waals surface area contributed by atoms with Gasteiger partial charge < -0.3 is 0 Å². The fraction of sp³-hybridized carbons (Fsp3) is 0.333. The van der Waals surface area contributed by atoms with E-state index < -0.39 is 10.4 Å². The molecule has 0 aromatic heterocycles. The van der Waals surface area contributed by atoms with Crippen molar-refractivity contribution in [3.63, 3.8) is 0 Å². The molecule has 0 rings (SSSR count). The second kappa shape index (κ2) is 3.27. The lowest BCUT2D eigenvalue weighted by Gasteiger charge is -1.82. The van der Waals surface area contributed by atoms with E-state index in [0.29, 0.717) is 11.8 Å². The molecule has 0 heterocycles. The number of thioether (sulfide) groups is 1. The predicted molar refractivity (Wildman–Crippen MR) is 28.6 cm³/mol. The molecule has 0 spiro atoms. The highest BCUT2D eigenvalue weighted by Crippen LogP contribution is 2.21. The van der Waals surface area contributed by atoms with Gasteiger partial charge in [-0.15, -0.1) is 0 Å². The van der Waals surface area contributed by atoms with Crippen LogP contribution in [0.4, 0.5) is 8.78 Å². The van der Waals surface area contributed by atoms with Crippen LogP contribution < -0.4 is 0 Å². The molecule has 7 heavy (non-hydrogen) atoms. The minimum Gasteiger partial charge on any atom is -0.195 e. The van der Waals surface area contributed by atoms with Crippen molar-refractivity contribution >= 4 is 23.4 Å². The van der Waals surface area contributed by atoms with Crippen molar-refractivity contribution in [3.8, 4) is 0 Å². The number of hydrogen-bond donors (Lipinski definition) is 0. The van der Waals surface area contributed by atoms with E-state index in [1.807, 2.05) is 0 Å². The zero-order chi connectivity index (χ0) is 5.86. The largest absolute Gasteiger partial charge is 0.231 e. The van der Waals surface area contributed by atoms with Gasteiger partial charge in [0.05, 0.1) is 0 Å². The highest BCUT2D eigenvalue weighted by molar-refractivity contribution is 8.02. The van der Waals surface area contributed by atoms with Gasteiger partial charge in [-0.1, -0.05) is 11.8 Å². The van der Waals surface area contributed by atoms with Crippen LogP contribution in [0.5, 0.6) is 0 Å². The van der Waals surface area contributed by atoms with E-state index in [1.165, 1.54) is 6.26 Å². The van der Waals surface area contributed by atoms with Crippen molar-refractivity contribution in [2.75, 3.05) is 6.26 Å². The Kier molecular flexibility index (Phi) is 3.38. The molecule has 0 unspecified atom stereocenters. The molecule has 4 heteroatoms. The van der Waals surface area contributed by atoms with Crippen LogP contribution in [0, 0.1) is 0 Å². The molecule has 0 nitrogen and oxygen atoms in total. The summed E-state index contributed by atoms with van der Waals surface area (Å²) in [6, 6.07) is 0. The van der Waals surface area contributed by atoms with Gasteiger partial charge in [-0.05, 0) is 17.9 Å². The van der Waals surface area contributed by atoms with E-state index in [0.717, 1.165) is 0 Å². The number of hydrogen-bond acceptors (Lipinski definition) is 1. The Bertz CT molecular complexity index is 86.9. The Morgan fingerprint density at radius 2 is 2.00 bits per heavy atom. The summed E-state index contributed by atoms with van der Waals surface area (Å²) in [5.74, 6) is 0. The average molecular weight is 145 g/mol. The smallest absolute Gasteiger partial charge is 0.195 e. The number of halogens is 3. The first-order valence-corrected chi connectivity index (χ1v) is 3.03. The minimum atomic E-state index is -1.27. The summed E-state index contributed by atoms with van der Waals surface area (Å²) in [5.41, 5.74) is 0. The first kappa shape index (κ1) is 7.24. The van der Waals surface area contributed by atoms with Crippen molar-refractivity contribution in [3.05, 3.63) is 10.4 Å². The molecule has 0 N–H and O–H groups in total. The highest BCUT2D eigenvalue weighted by Gasteiger charge is 1.97. The summed E-state index contributed by atoms with van der Waals surface area (Å²) in [5, 5.41) is -2.24. The van der Waals surface area contributed by atoms with Gasteiger partial charge in [-0.25, -0.2) is 0 Å². The summed E-state index contributed by atoms with van der Waals surface area (Å²) < 4.78 is 22.9. The molecular weight excluding hydrogens is 142 g/mol. The molecule has 0 saturated heterocycles. The summed E-state index contributed by atoms with van der Waals surface area (Å²) in [6.07, 6.45) is 1.40. The van der Waals surface area contributed by atoms with E-state index in [-0.39, 0.29) is 0 Å². The van der Waals surface area contributed by atoms with Crippen molar-refractivity contribution in [2.45, 2.75) is 0 Å². The Morgan fingerprint density at radius 3 is 2.00 bits per heavy atom.